The number of benzene rings is 4. The maximum atomic E-state index is 13.6. The van der Waals surface area contributed by atoms with E-state index in [0.717, 1.165) is 23.3 Å². The summed E-state index contributed by atoms with van der Waals surface area (Å²) in [6, 6.07) is 28.5. The van der Waals surface area contributed by atoms with Crippen molar-refractivity contribution >= 4 is 40.9 Å². The summed E-state index contributed by atoms with van der Waals surface area (Å²) in [4.78, 5) is 39.8. The predicted octanol–water partition coefficient (Wildman–Crippen LogP) is 7.39. The Morgan fingerprint density at radius 1 is 0.767 bits per heavy atom. The van der Waals surface area contributed by atoms with E-state index < -0.39 is 5.25 Å². The number of carbonyl (C=O) groups excluding carboxylic acids is 3. The number of nitrogens with one attached hydrogen (secondary N) is 2. The fourth-order valence-electron chi connectivity index (χ4n) is 4.24. The van der Waals surface area contributed by atoms with Gasteiger partial charge in [-0.1, -0.05) is 55.8 Å². The Kier molecular flexibility index (Phi) is 11.2. The number of esters is 1. The number of hydrogen-bond acceptors (Lipinski definition) is 7. The van der Waals surface area contributed by atoms with E-state index in [1.165, 1.54) is 26.0 Å². The minimum Gasteiger partial charge on any atom is -0.496 e. The van der Waals surface area contributed by atoms with E-state index in [1.807, 2.05) is 55.5 Å². The molecule has 4 rings (SSSR count). The molecule has 0 heterocycles. The highest BCUT2D eigenvalue weighted by molar-refractivity contribution is 8.00. The molecule has 0 fully saturated rings. The summed E-state index contributed by atoms with van der Waals surface area (Å²) in [5, 5.41) is 5.28. The summed E-state index contributed by atoms with van der Waals surface area (Å²) in [6.45, 7) is 2.41. The minimum atomic E-state index is -0.597. The molecule has 4 aromatic rings. The van der Waals surface area contributed by atoms with Crippen LogP contribution >= 0.6 is 11.8 Å². The van der Waals surface area contributed by atoms with Gasteiger partial charge in [0.1, 0.15) is 22.3 Å². The fraction of sp³-hybridized carbons (Fsp3) is 0.206. The van der Waals surface area contributed by atoms with E-state index >= 15 is 0 Å². The first-order valence-electron chi connectivity index (χ1n) is 13.9. The largest absolute Gasteiger partial charge is 0.496 e. The third-order valence-electron chi connectivity index (χ3n) is 6.46. The van der Waals surface area contributed by atoms with Crippen LogP contribution in [0.25, 0.3) is 0 Å². The van der Waals surface area contributed by atoms with Gasteiger partial charge < -0.3 is 24.8 Å². The normalized spacial score (nSPS) is 11.2. The molecule has 0 bridgehead atoms. The highest BCUT2D eigenvalue weighted by atomic mass is 32.2. The second-order valence-electron chi connectivity index (χ2n) is 9.48. The molecule has 1 unspecified atom stereocenters. The number of methoxy groups -OCH3 is 2. The van der Waals surface area contributed by atoms with Gasteiger partial charge in [-0.3, -0.25) is 9.59 Å². The number of ether oxygens (including phenoxy) is 3. The maximum Gasteiger partial charge on any atom is 0.338 e. The Bertz CT molecular complexity index is 1520. The number of carbonyl (C=O) groups is 3. The SMILES string of the molecule is CCCCOC(=O)c1ccc(NC(=O)C(Sc2cccc(NC(=O)c3c(OC)cccc3OC)c2)c2ccccc2)cc1. The predicted molar refractivity (Wildman–Crippen MR) is 169 cm³/mol. The Hall–Kier alpha value is -4.76. The van der Waals surface area contributed by atoms with Crippen LogP contribution in [0.2, 0.25) is 0 Å². The average Bonchev–Trinajstić information content (AvgIpc) is 3.04. The number of hydrogen-bond donors (Lipinski definition) is 2. The van der Waals surface area contributed by atoms with Crippen LogP contribution in [0.4, 0.5) is 11.4 Å². The third-order valence-corrected chi connectivity index (χ3v) is 7.71. The van der Waals surface area contributed by atoms with Gasteiger partial charge in [0.25, 0.3) is 5.91 Å². The molecule has 2 amide bonds. The molecule has 9 heteroatoms. The lowest BCUT2D eigenvalue weighted by atomic mass is 10.1. The van der Waals surface area contributed by atoms with E-state index in [4.69, 9.17) is 14.2 Å². The first-order valence-corrected chi connectivity index (χ1v) is 14.7. The molecule has 0 aromatic heterocycles. The Morgan fingerprint density at radius 3 is 2.09 bits per heavy atom. The van der Waals surface area contributed by atoms with E-state index in [-0.39, 0.29) is 23.3 Å². The summed E-state index contributed by atoms with van der Waals surface area (Å²) >= 11 is 1.35. The van der Waals surface area contributed by atoms with Gasteiger partial charge >= 0.3 is 5.97 Å². The van der Waals surface area contributed by atoms with Crippen LogP contribution in [0, 0.1) is 0 Å². The van der Waals surface area contributed by atoms with Gasteiger partial charge in [0.15, 0.2) is 0 Å². The Labute approximate surface area is 255 Å². The summed E-state index contributed by atoms with van der Waals surface area (Å²) in [5.41, 5.74) is 2.63. The lowest BCUT2D eigenvalue weighted by Crippen LogP contribution is -2.19. The molecular weight excluding hydrogens is 564 g/mol. The van der Waals surface area contributed by atoms with Crippen molar-refractivity contribution < 1.29 is 28.6 Å². The molecule has 0 aliphatic heterocycles. The van der Waals surface area contributed by atoms with Crippen LogP contribution in [-0.4, -0.2) is 38.6 Å². The molecule has 0 saturated heterocycles. The molecule has 0 radical (unpaired) electrons. The van der Waals surface area contributed by atoms with Crippen LogP contribution in [0.5, 0.6) is 11.5 Å². The van der Waals surface area contributed by atoms with E-state index in [2.05, 4.69) is 10.6 Å². The van der Waals surface area contributed by atoms with Crippen molar-refractivity contribution in [1.29, 1.82) is 0 Å². The number of thioether (sulfide) groups is 1. The number of anilines is 2. The molecule has 0 aliphatic carbocycles. The van der Waals surface area contributed by atoms with E-state index in [1.54, 1.807) is 48.5 Å². The zero-order chi connectivity index (χ0) is 30.6. The zero-order valence-corrected chi connectivity index (χ0v) is 25.1. The summed E-state index contributed by atoms with van der Waals surface area (Å²) < 4.78 is 16.0. The van der Waals surface area contributed by atoms with Crippen LogP contribution in [0.3, 0.4) is 0 Å². The third kappa shape index (κ3) is 8.39. The van der Waals surface area contributed by atoms with Crippen molar-refractivity contribution in [3.05, 3.63) is 114 Å². The molecule has 4 aromatic carbocycles. The second kappa shape index (κ2) is 15.5. The smallest absolute Gasteiger partial charge is 0.338 e. The highest BCUT2D eigenvalue weighted by Crippen LogP contribution is 2.37. The summed E-state index contributed by atoms with van der Waals surface area (Å²) in [5.74, 6) is -0.219. The van der Waals surface area contributed by atoms with Gasteiger partial charge in [0, 0.05) is 16.3 Å². The second-order valence-corrected chi connectivity index (χ2v) is 10.7. The van der Waals surface area contributed by atoms with Crippen molar-refractivity contribution in [3.63, 3.8) is 0 Å². The number of rotatable bonds is 13. The average molecular weight is 599 g/mol. The van der Waals surface area contributed by atoms with Gasteiger partial charge in [-0.2, -0.15) is 0 Å². The molecule has 8 nitrogen and oxygen atoms in total. The van der Waals surface area contributed by atoms with Crippen molar-refractivity contribution in [1.82, 2.24) is 0 Å². The van der Waals surface area contributed by atoms with Crippen LogP contribution in [-0.2, 0) is 9.53 Å². The van der Waals surface area contributed by atoms with Crippen molar-refractivity contribution in [3.8, 4) is 11.5 Å². The van der Waals surface area contributed by atoms with Gasteiger partial charge in [-0.25, -0.2) is 4.79 Å². The van der Waals surface area contributed by atoms with Gasteiger partial charge in [0.2, 0.25) is 5.91 Å². The summed E-state index contributed by atoms with van der Waals surface area (Å²) in [6.07, 6.45) is 1.75. The molecular formula is C34H34N2O6S. The van der Waals surface area contributed by atoms with Crippen molar-refractivity contribution in [2.45, 2.75) is 29.9 Å². The number of amides is 2. The van der Waals surface area contributed by atoms with Crippen molar-refractivity contribution in [2.24, 2.45) is 0 Å². The van der Waals surface area contributed by atoms with E-state index in [0.29, 0.717) is 35.0 Å². The summed E-state index contributed by atoms with van der Waals surface area (Å²) in [7, 11) is 2.99. The monoisotopic (exact) mass is 598 g/mol. The quantitative estimate of drug-likeness (QED) is 0.0940. The lowest BCUT2D eigenvalue weighted by molar-refractivity contribution is -0.115. The maximum absolute atomic E-state index is 13.6. The molecule has 43 heavy (non-hydrogen) atoms. The molecule has 1 atom stereocenters. The lowest BCUT2D eigenvalue weighted by Gasteiger charge is -2.18. The molecule has 222 valence electrons. The Morgan fingerprint density at radius 2 is 1.44 bits per heavy atom. The van der Waals surface area contributed by atoms with Crippen LogP contribution in [0.15, 0.2) is 102 Å². The topological polar surface area (TPSA) is 103 Å². The van der Waals surface area contributed by atoms with Gasteiger partial charge in [-0.05, 0) is 66.6 Å². The van der Waals surface area contributed by atoms with Gasteiger partial charge in [-0.15, -0.1) is 11.8 Å². The van der Waals surface area contributed by atoms with E-state index in [9.17, 15) is 14.4 Å². The molecule has 0 saturated carbocycles. The highest BCUT2D eigenvalue weighted by Gasteiger charge is 2.23. The van der Waals surface area contributed by atoms with Gasteiger partial charge in [0.05, 0.1) is 26.4 Å². The zero-order valence-electron chi connectivity index (χ0n) is 24.3. The molecule has 2 N–H and O–H groups in total. The molecule has 0 aliphatic rings. The van der Waals surface area contributed by atoms with Crippen LogP contribution < -0.4 is 20.1 Å². The Balaban J connectivity index is 1.50. The first-order chi connectivity index (χ1) is 20.9. The fourth-order valence-corrected chi connectivity index (χ4v) is 5.33. The standard InChI is InChI=1S/C34H34N2O6S/c1-4-5-21-42-34(39)24-17-19-25(20-18-24)35-33(38)31(23-11-7-6-8-12-23)43-27-14-9-13-26(22-27)36-32(37)30-28(40-2)15-10-16-29(30)41-3/h6-20,22,31H,4-5,21H2,1-3H3,(H,35,38)(H,36,37). The minimum absolute atomic E-state index is 0.234. The number of unbranched alkanes of at least 4 members (excludes halogenated alkanes) is 1. The van der Waals surface area contributed by atoms with Crippen molar-refractivity contribution in [2.75, 3.05) is 31.5 Å². The molecule has 0 spiro atoms. The van der Waals surface area contributed by atoms with Crippen LogP contribution in [0.1, 0.15) is 51.3 Å². The first kappa shape index (κ1) is 31.2.